The van der Waals surface area contributed by atoms with Crippen molar-refractivity contribution in [3.63, 3.8) is 0 Å². The second kappa shape index (κ2) is 9.32. The number of carbonyl (C=O) groups is 3. The van der Waals surface area contributed by atoms with Crippen molar-refractivity contribution < 1.29 is 23.9 Å². The molecule has 3 rings (SSSR count). The predicted octanol–water partition coefficient (Wildman–Crippen LogP) is 4.02. The maximum atomic E-state index is 12.9. The van der Waals surface area contributed by atoms with Crippen LogP contribution in [0.4, 0.5) is 9.80 Å². The van der Waals surface area contributed by atoms with E-state index in [0.29, 0.717) is 35.6 Å². The highest BCUT2D eigenvalue weighted by molar-refractivity contribution is 7.98. The molecule has 7 nitrogen and oxygen atoms in total. The maximum Gasteiger partial charge on any atom is 0.409 e. The Kier molecular flexibility index (Phi) is 6.81. The Morgan fingerprint density at radius 3 is 2.72 bits per heavy atom. The molecule has 0 radical (unpaired) electrons. The van der Waals surface area contributed by atoms with Crippen molar-refractivity contribution in [2.45, 2.75) is 24.8 Å². The van der Waals surface area contributed by atoms with Gasteiger partial charge in [0.25, 0.3) is 5.91 Å². The Bertz CT molecular complexity index is 941. The van der Waals surface area contributed by atoms with E-state index in [1.54, 1.807) is 24.0 Å². The van der Waals surface area contributed by atoms with Crippen LogP contribution >= 0.6 is 23.1 Å². The fourth-order valence-electron chi connectivity index (χ4n) is 3.20. The van der Waals surface area contributed by atoms with Crippen molar-refractivity contribution in [2.24, 2.45) is 0 Å². The van der Waals surface area contributed by atoms with Crippen molar-refractivity contribution in [3.8, 4) is 0 Å². The van der Waals surface area contributed by atoms with Gasteiger partial charge in [0, 0.05) is 16.3 Å². The van der Waals surface area contributed by atoms with Gasteiger partial charge in [0.1, 0.15) is 5.00 Å². The monoisotopic (exact) mass is 434 g/mol. The molecule has 0 saturated carbocycles. The molecule has 0 unspecified atom stereocenters. The Hall–Kier alpha value is -2.52. The van der Waals surface area contributed by atoms with E-state index in [1.165, 1.54) is 30.2 Å². The van der Waals surface area contributed by atoms with E-state index in [4.69, 9.17) is 9.47 Å². The molecule has 0 spiro atoms. The van der Waals surface area contributed by atoms with Gasteiger partial charge in [0.15, 0.2) is 0 Å². The van der Waals surface area contributed by atoms with Crippen LogP contribution in [0.1, 0.15) is 38.1 Å². The third-order valence-corrected chi connectivity index (χ3v) is 6.48. The van der Waals surface area contributed by atoms with E-state index in [0.717, 1.165) is 15.3 Å². The van der Waals surface area contributed by atoms with Crippen molar-refractivity contribution in [2.75, 3.05) is 31.8 Å². The van der Waals surface area contributed by atoms with Crippen molar-refractivity contribution >= 4 is 46.1 Å². The molecular weight excluding hydrogens is 412 g/mol. The lowest BCUT2D eigenvalue weighted by atomic mass is 10.0. The molecule has 2 heterocycles. The maximum absolute atomic E-state index is 12.9. The van der Waals surface area contributed by atoms with Crippen LogP contribution in [0.3, 0.4) is 0 Å². The van der Waals surface area contributed by atoms with Gasteiger partial charge in [-0.15, -0.1) is 23.1 Å². The molecule has 1 aliphatic heterocycles. The number of thioether (sulfide) groups is 1. The first-order chi connectivity index (χ1) is 14.0. The van der Waals surface area contributed by atoms with Crippen LogP contribution in [-0.2, 0) is 22.4 Å². The third-order valence-electron chi connectivity index (χ3n) is 4.55. The summed E-state index contributed by atoms with van der Waals surface area (Å²) in [5.41, 5.74) is 1.74. The lowest BCUT2D eigenvalue weighted by molar-refractivity contribution is 0.0526. The number of esters is 1. The molecule has 0 aliphatic carbocycles. The number of fused-ring (bicyclic) bond motifs is 1. The molecule has 0 bridgehead atoms. The number of rotatable bonds is 5. The van der Waals surface area contributed by atoms with E-state index in [-0.39, 0.29) is 12.5 Å². The minimum absolute atomic E-state index is 0.237. The molecule has 9 heteroatoms. The molecule has 2 amide bonds. The molecule has 0 atom stereocenters. The molecule has 1 N–H and O–H groups in total. The topological polar surface area (TPSA) is 84.9 Å². The molecule has 1 aromatic carbocycles. The van der Waals surface area contributed by atoms with Gasteiger partial charge in [-0.1, -0.05) is 12.1 Å². The number of amides is 2. The summed E-state index contributed by atoms with van der Waals surface area (Å²) in [5.74, 6) is -0.756. The van der Waals surface area contributed by atoms with Gasteiger partial charge >= 0.3 is 12.1 Å². The number of thiophene rings is 1. The van der Waals surface area contributed by atoms with Gasteiger partial charge in [-0.3, -0.25) is 4.79 Å². The highest BCUT2D eigenvalue weighted by Crippen LogP contribution is 2.38. The Morgan fingerprint density at radius 2 is 2.03 bits per heavy atom. The zero-order valence-electron chi connectivity index (χ0n) is 16.4. The Labute approximate surface area is 177 Å². The van der Waals surface area contributed by atoms with Gasteiger partial charge in [-0.25, -0.2) is 9.59 Å². The van der Waals surface area contributed by atoms with Crippen LogP contribution in [0.15, 0.2) is 29.2 Å². The van der Waals surface area contributed by atoms with Gasteiger partial charge in [0.2, 0.25) is 0 Å². The first-order valence-corrected chi connectivity index (χ1v) is 11.1. The van der Waals surface area contributed by atoms with Gasteiger partial charge in [-0.05, 0) is 37.3 Å². The largest absolute Gasteiger partial charge is 0.462 e. The summed E-state index contributed by atoms with van der Waals surface area (Å²) in [6.45, 7) is 2.74. The van der Waals surface area contributed by atoms with Gasteiger partial charge in [-0.2, -0.15) is 0 Å². The zero-order valence-corrected chi connectivity index (χ0v) is 18.1. The molecule has 1 aromatic heterocycles. The normalized spacial score (nSPS) is 12.9. The fraction of sp³-hybridized carbons (Fsp3) is 0.350. The van der Waals surface area contributed by atoms with E-state index in [1.807, 2.05) is 18.4 Å². The fourth-order valence-corrected chi connectivity index (χ4v) is 5.04. The van der Waals surface area contributed by atoms with E-state index in [9.17, 15) is 14.4 Å². The SMILES string of the molecule is CCOC(=O)c1c(NC(=O)c2ccccc2SC)sc2c1CCN(C(=O)OC)C2. The minimum Gasteiger partial charge on any atom is -0.462 e. The first-order valence-electron chi connectivity index (χ1n) is 9.09. The second-order valence-electron chi connectivity index (χ2n) is 6.22. The summed E-state index contributed by atoms with van der Waals surface area (Å²) < 4.78 is 10.0. The number of nitrogens with zero attached hydrogens (tertiary/aromatic N) is 1. The average Bonchev–Trinajstić information content (AvgIpc) is 3.10. The third kappa shape index (κ3) is 4.40. The van der Waals surface area contributed by atoms with Crippen LogP contribution in [0.25, 0.3) is 0 Å². The summed E-state index contributed by atoms with van der Waals surface area (Å²) in [7, 11) is 1.34. The minimum atomic E-state index is -0.468. The summed E-state index contributed by atoms with van der Waals surface area (Å²) in [4.78, 5) is 40.7. The molecule has 0 fully saturated rings. The highest BCUT2D eigenvalue weighted by atomic mass is 32.2. The van der Waals surface area contributed by atoms with Crippen molar-refractivity contribution in [3.05, 3.63) is 45.8 Å². The Balaban J connectivity index is 1.95. The smallest absolute Gasteiger partial charge is 0.409 e. The number of anilines is 1. The number of benzene rings is 1. The lowest BCUT2D eigenvalue weighted by Crippen LogP contribution is -2.35. The van der Waals surface area contributed by atoms with Crippen LogP contribution in [0, 0.1) is 0 Å². The predicted molar refractivity (Wildman–Crippen MR) is 113 cm³/mol. The number of hydrogen-bond donors (Lipinski definition) is 1. The molecule has 0 saturated heterocycles. The van der Waals surface area contributed by atoms with E-state index >= 15 is 0 Å². The van der Waals surface area contributed by atoms with Crippen LogP contribution in [0.2, 0.25) is 0 Å². The van der Waals surface area contributed by atoms with Crippen LogP contribution in [-0.4, -0.2) is 49.4 Å². The van der Waals surface area contributed by atoms with E-state index < -0.39 is 12.1 Å². The molecular formula is C20H22N2O5S2. The van der Waals surface area contributed by atoms with Gasteiger partial charge in [0.05, 0.1) is 31.4 Å². The van der Waals surface area contributed by atoms with Crippen LogP contribution < -0.4 is 5.32 Å². The molecule has 154 valence electrons. The number of nitrogens with one attached hydrogen (secondary N) is 1. The average molecular weight is 435 g/mol. The van der Waals surface area contributed by atoms with Crippen molar-refractivity contribution in [1.82, 2.24) is 4.90 Å². The quantitative estimate of drug-likeness (QED) is 0.565. The zero-order chi connectivity index (χ0) is 21.0. The molecule has 29 heavy (non-hydrogen) atoms. The summed E-state index contributed by atoms with van der Waals surface area (Å²) in [6, 6.07) is 7.30. The lowest BCUT2D eigenvalue weighted by Gasteiger charge is -2.25. The first kappa shape index (κ1) is 21.2. The highest BCUT2D eigenvalue weighted by Gasteiger charge is 2.31. The number of methoxy groups -OCH3 is 1. The number of ether oxygens (including phenoxy) is 2. The molecule has 2 aromatic rings. The van der Waals surface area contributed by atoms with Crippen LogP contribution in [0.5, 0.6) is 0 Å². The van der Waals surface area contributed by atoms with E-state index in [2.05, 4.69) is 5.32 Å². The Morgan fingerprint density at radius 1 is 1.28 bits per heavy atom. The standard InChI is InChI=1S/C20H22N2O5S2/c1-4-27-19(24)16-12-9-10-22(20(25)26-2)11-15(12)29-18(16)21-17(23)13-7-5-6-8-14(13)28-3/h5-8H,4,9-11H2,1-3H3,(H,21,23). The second-order valence-corrected chi connectivity index (χ2v) is 8.18. The summed E-state index contributed by atoms with van der Waals surface area (Å²) >= 11 is 2.77. The molecule has 1 aliphatic rings. The van der Waals surface area contributed by atoms with Crippen molar-refractivity contribution in [1.29, 1.82) is 0 Å². The van der Waals surface area contributed by atoms with Gasteiger partial charge < -0.3 is 19.7 Å². The number of hydrogen-bond acceptors (Lipinski definition) is 7. The number of carbonyl (C=O) groups excluding carboxylic acids is 3. The summed E-state index contributed by atoms with van der Waals surface area (Å²) in [6.07, 6.45) is 1.98. The summed E-state index contributed by atoms with van der Waals surface area (Å²) in [5, 5.41) is 3.33.